The summed E-state index contributed by atoms with van der Waals surface area (Å²) in [4.78, 5) is 9.42. The standard InChI is InChI=1S/C19H34N4O2/c1-19(2,15-23-10-12-25-13-11-23)14-22-7-4-16(5-8-22)17(24)18-20-6-9-21(18)3/h6,9,16-17,24H,4-5,7-8,10-15H2,1-3H3/t17-/m0/s1. The molecule has 0 aliphatic carbocycles. The Morgan fingerprint density at radius 3 is 2.32 bits per heavy atom. The zero-order chi connectivity index (χ0) is 17.9. The lowest BCUT2D eigenvalue weighted by atomic mass is 9.87. The Labute approximate surface area is 151 Å². The quantitative estimate of drug-likeness (QED) is 0.843. The van der Waals surface area contributed by atoms with Gasteiger partial charge in [0, 0.05) is 45.6 Å². The number of aliphatic hydroxyl groups excluding tert-OH is 1. The molecule has 0 aromatic carbocycles. The summed E-state index contributed by atoms with van der Waals surface area (Å²) in [7, 11) is 1.95. The van der Waals surface area contributed by atoms with Gasteiger partial charge in [-0.3, -0.25) is 4.90 Å². The van der Waals surface area contributed by atoms with Gasteiger partial charge in [0.05, 0.1) is 13.2 Å². The second-order valence-corrected chi connectivity index (χ2v) is 8.51. The average Bonchev–Trinajstić information content (AvgIpc) is 3.01. The van der Waals surface area contributed by atoms with Gasteiger partial charge in [-0.2, -0.15) is 0 Å². The first-order valence-electron chi connectivity index (χ1n) is 9.62. The molecule has 2 aliphatic heterocycles. The maximum Gasteiger partial charge on any atom is 0.137 e. The SMILES string of the molecule is Cn1ccnc1[C@@H](O)C1CCN(CC(C)(C)CN2CCOCC2)CC1. The van der Waals surface area contributed by atoms with Crippen molar-refractivity contribution < 1.29 is 9.84 Å². The van der Waals surface area contributed by atoms with Crippen LogP contribution in [0, 0.1) is 11.3 Å². The molecule has 0 saturated carbocycles. The molecule has 1 N–H and O–H groups in total. The van der Waals surface area contributed by atoms with Crippen LogP contribution in [-0.4, -0.2) is 76.9 Å². The molecule has 2 aliphatic rings. The van der Waals surface area contributed by atoms with Gasteiger partial charge < -0.3 is 19.3 Å². The van der Waals surface area contributed by atoms with E-state index < -0.39 is 6.10 Å². The predicted molar refractivity (Wildman–Crippen MR) is 98.4 cm³/mol. The minimum atomic E-state index is -0.441. The van der Waals surface area contributed by atoms with E-state index >= 15 is 0 Å². The van der Waals surface area contributed by atoms with Gasteiger partial charge in [-0.25, -0.2) is 4.98 Å². The number of imidazole rings is 1. The molecule has 6 heteroatoms. The lowest BCUT2D eigenvalue weighted by molar-refractivity contribution is 0.00676. The second kappa shape index (κ2) is 8.16. The minimum absolute atomic E-state index is 0.280. The molecule has 6 nitrogen and oxygen atoms in total. The molecular formula is C19H34N4O2. The third kappa shape index (κ3) is 5.03. The highest BCUT2D eigenvalue weighted by Crippen LogP contribution is 2.31. The van der Waals surface area contributed by atoms with Crippen LogP contribution in [0.25, 0.3) is 0 Å². The van der Waals surface area contributed by atoms with Gasteiger partial charge in [-0.15, -0.1) is 0 Å². The van der Waals surface area contributed by atoms with Gasteiger partial charge in [0.1, 0.15) is 11.9 Å². The molecule has 2 saturated heterocycles. The van der Waals surface area contributed by atoms with Crippen LogP contribution in [-0.2, 0) is 11.8 Å². The Balaban J connectivity index is 1.46. The Kier molecular flexibility index (Phi) is 6.15. The van der Waals surface area contributed by atoms with Gasteiger partial charge in [0.2, 0.25) is 0 Å². The third-order valence-electron chi connectivity index (χ3n) is 5.61. The Hall–Kier alpha value is -0.950. The van der Waals surface area contributed by atoms with Crippen molar-refractivity contribution >= 4 is 0 Å². The van der Waals surface area contributed by atoms with Crippen molar-refractivity contribution in [2.45, 2.75) is 32.8 Å². The summed E-state index contributed by atoms with van der Waals surface area (Å²) in [5, 5.41) is 10.6. The van der Waals surface area contributed by atoms with Crippen molar-refractivity contribution in [1.29, 1.82) is 0 Å². The van der Waals surface area contributed by atoms with Gasteiger partial charge in [-0.1, -0.05) is 13.8 Å². The van der Waals surface area contributed by atoms with Crippen LogP contribution >= 0.6 is 0 Å². The Bertz CT molecular complexity index is 531. The van der Waals surface area contributed by atoms with E-state index in [9.17, 15) is 5.11 Å². The highest BCUT2D eigenvalue weighted by atomic mass is 16.5. The number of aromatic nitrogens is 2. The number of likely N-dealkylation sites (tertiary alicyclic amines) is 1. The van der Waals surface area contributed by atoms with Crippen molar-refractivity contribution in [2.24, 2.45) is 18.4 Å². The monoisotopic (exact) mass is 350 g/mol. The number of piperidine rings is 1. The first kappa shape index (κ1) is 18.8. The third-order valence-corrected chi connectivity index (χ3v) is 5.61. The molecule has 25 heavy (non-hydrogen) atoms. The molecule has 142 valence electrons. The van der Waals surface area contributed by atoms with Crippen molar-refractivity contribution in [3.63, 3.8) is 0 Å². The van der Waals surface area contributed by atoms with Crippen LogP contribution in [0.15, 0.2) is 12.4 Å². The average molecular weight is 351 g/mol. The van der Waals surface area contributed by atoms with Crippen molar-refractivity contribution in [1.82, 2.24) is 19.4 Å². The maximum absolute atomic E-state index is 10.6. The minimum Gasteiger partial charge on any atom is -0.385 e. The van der Waals surface area contributed by atoms with E-state index in [2.05, 4.69) is 28.6 Å². The number of ether oxygens (including phenoxy) is 1. The molecule has 1 atom stereocenters. The number of aliphatic hydroxyl groups is 1. The van der Waals surface area contributed by atoms with Gasteiger partial charge in [0.25, 0.3) is 0 Å². The van der Waals surface area contributed by atoms with E-state index in [-0.39, 0.29) is 5.41 Å². The zero-order valence-electron chi connectivity index (χ0n) is 16.0. The van der Waals surface area contributed by atoms with E-state index in [0.717, 1.165) is 71.1 Å². The van der Waals surface area contributed by atoms with Gasteiger partial charge in [0.15, 0.2) is 0 Å². The molecule has 0 bridgehead atoms. The Morgan fingerprint density at radius 1 is 1.16 bits per heavy atom. The molecule has 3 rings (SSSR count). The topological polar surface area (TPSA) is 53.8 Å². The molecular weight excluding hydrogens is 316 g/mol. The summed E-state index contributed by atoms with van der Waals surface area (Å²) in [5.41, 5.74) is 0.280. The van der Waals surface area contributed by atoms with Crippen molar-refractivity contribution in [2.75, 3.05) is 52.5 Å². The summed E-state index contributed by atoms with van der Waals surface area (Å²) in [6.45, 7) is 13.0. The fourth-order valence-electron chi connectivity index (χ4n) is 4.32. The summed E-state index contributed by atoms with van der Waals surface area (Å²) in [5.74, 6) is 1.12. The number of rotatable bonds is 6. The number of hydrogen-bond donors (Lipinski definition) is 1. The van der Waals surface area contributed by atoms with Crippen LogP contribution < -0.4 is 0 Å². The highest BCUT2D eigenvalue weighted by molar-refractivity contribution is 4.98. The molecule has 0 unspecified atom stereocenters. The van der Waals surface area contributed by atoms with Crippen LogP contribution in [0.4, 0.5) is 0 Å². The van der Waals surface area contributed by atoms with E-state index in [4.69, 9.17) is 4.74 Å². The zero-order valence-corrected chi connectivity index (χ0v) is 16.0. The Morgan fingerprint density at radius 2 is 1.76 bits per heavy atom. The number of nitrogens with zero attached hydrogens (tertiary/aromatic N) is 4. The maximum atomic E-state index is 10.6. The lowest BCUT2D eigenvalue weighted by Gasteiger charge is -2.41. The van der Waals surface area contributed by atoms with Gasteiger partial charge in [-0.05, 0) is 37.3 Å². The molecule has 2 fully saturated rings. The van der Waals surface area contributed by atoms with Crippen LogP contribution in [0.2, 0.25) is 0 Å². The number of aryl methyl sites for hydroxylation is 1. The van der Waals surface area contributed by atoms with Crippen LogP contribution in [0.1, 0.15) is 38.6 Å². The smallest absolute Gasteiger partial charge is 0.137 e. The first-order valence-corrected chi connectivity index (χ1v) is 9.62. The number of hydrogen-bond acceptors (Lipinski definition) is 5. The molecule has 1 aromatic heterocycles. The summed E-state index contributed by atoms with van der Waals surface area (Å²) < 4.78 is 7.39. The van der Waals surface area contributed by atoms with E-state index in [1.165, 1.54) is 0 Å². The van der Waals surface area contributed by atoms with Crippen molar-refractivity contribution in [3.8, 4) is 0 Å². The second-order valence-electron chi connectivity index (χ2n) is 8.51. The van der Waals surface area contributed by atoms with E-state index in [1.54, 1.807) is 6.20 Å². The normalized spacial score (nSPS) is 23.0. The molecule has 3 heterocycles. The van der Waals surface area contributed by atoms with Crippen LogP contribution in [0.5, 0.6) is 0 Å². The van der Waals surface area contributed by atoms with Crippen molar-refractivity contribution in [3.05, 3.63) is 18.2 Å². The van der Waals surface area contributed by atoms with Gasteiger partial charge >= 0.3 is 0 Å². The van der Waals surface area contributed by atoms with E-state index in [1.807, 2.05) is 17.8 Å². The predicted octanol–water partition coefficient (Wildman–Crippen LogP) is 1.52. The summed E-state index contributed by atoms with van der Waals surface area (Å²) in [6, 6.07) is 0. The molecule has 0 radical (unpaired) electrons. The summed E-state index contributed by atoms with van der Waals surface area (Å²) in [6.07, 6.45) is 5.32. The molecule has 1 aromatic rings. The molecule has 0 spiro atoms. The number of morpholine rings is 1. The highest BCUT2D eigenvalue weighted by Gasteiger charge is 2.31. The molecule has 0 amide bonds. The fraction of sp³-hybridized carbons (Fsp3) is 0.842. The lowest BCUT2D eigenvalue weighted by Crippen LogP contribution is -2.47. The van der Waals surface area contributed by atoms with Crippen LogP contribution in [0.3, 0.4) is 0 Å². The summed E-state index contributed by atoms with van der Waals surface area (Å²) >= 11 is 0. The first-order chi connectivity index (χ1) is 11.9. The largest absolute Gasteiger partial charge is 0.385 e. The van der Waals surface area contributed by atoms with E-state index in [0.29, 0.717) is 5.92 Å². The fourth-order valence-corrected chi connectivity index (χ4v) is 4.32.